The van der Waals surface area contributed by atoms with Crippen molar-refractivity contribution in [2.75, 3.05) is 7.11 Å². The van der Waals surface area contributed by atoms with E-state index in [1.54, 1.807) is 0 Å². The zero-order chi connectivity index (χ0) is 14.5. The minimum atomic E-state index is -0.297. The summed E-state index contributed by atoms with van der Waals surface area (Å²) in [6.07, 6.45) is 10.6. The number of methoxy groups -OCH3 is 1. The summed E-state index contributed by atoms with van der Waals surface area (Å²) in [6.45, 7) is 8.75. The van der Waals surface area contributed by atoms with Gasteiger partial charge in [0.05, 0.1) is 7.11 Å². The molecular formula is C17H26O2. The molecule has 0 fully saturated rings. The van der Waals surface area contributed by atoms with Crippen molar-refractivity contribution in [1.82, 2.24) is 0 Å². The lowest BCUT2D eigenvalue weighted by molar-refractivity contribution is -0.134. The number of ether oxygens (including phenoxy) is 1. The molecule has 0 aromatic rings. The summed E-state index contributed by atoms with van der Waals surface area (Å²) in [5, 5.41) is 0. The van der Waals surface area contributed by atoms with Crippen molar-refractivity contribution in [3.63, 3.8) is 0 Å². The molecule has 1 atom stereocenters. The highest BCUT2D eigenvalue weighted by Gasteiger charge is 2.29. The van der Waals surface area contributed by atoms with Crippen LogP contribution >= 0.6 is 0 Å². The minimum absolute atomic E-state index is 0.282. The molecule has 1 aliphatic carbocycles. The van der Waals surface area contributed by atoms with Crippen molar-refractivity contribution in [2.45, 2.75) is 53.4 Å². The number of hydrogen-bond acceptors (Lipinski definition) is 2. The first-order chi connectivity index (χ1) is 8.92. The van der Waals surface area contributed by atoms with E-state index in [-0.39, 0.29) is 11.4 Å². The summed E-state index contributed by atoms with van der Waals surface area (Å²) in [6, 6.07) is 0. The molecule has 106 valence electrons. The number of hydrogen-bond donors (Lipinski definition) is 0. The molecule has 0 unspecified atom stereocenters. The Bertz CT molecular complexity index is 427. The summed E-state index contributed by atoms with van der Waals surface area (Å²) in [5.74, 6) is -0.297. The largest absolute Gasteiger partial charge is 0.466 e. The lowest BCUT2D eigenvalue weighted by Gasteiger charge is -2.35. The van der Waals surface area contributed by atoms with Crippen molar-refractivity contribution in [2.24, 2.45) is 5.41 Å². The zero-order valence-corrected chi connectivity index (χ0v) is 12.9. The summed E-state index contributed by atoms with van der Waals surface area (Å²) in [5.41, 5.74) is 4.14. The SMILES string of the molecule is CC[C@]1(C)CCCC(C)=C1/C=C/C(C)=C/C(=O)OC. The highest BCUT2D eigenvalue weighted by molar-refractivity contribution is 5.83. The van der Waals surface area contributed by atoms with E-state index in [1.807, 2.05) is 13.0 Å². The highest BCUT2D eigenvalue weighted by atomic mass is 16.5. The second kappa shape index (κ2) is 6.74. The van der Waals surface area contributed by atoms with Crippen molar-refractivity contribution in [3.8, 4) is 0 Å². The average Bonchev–Trinajstić information content (AvgIpc) is 2.38. The van der Waals surface area contributed by atoms with Crippen LogP contribution in [0.15, 0.2) is 34.9 Å². The van der Waals surface area contributed by atoms with Crippen LogP contribution in [0.2, 0.25) is 0 Å². The molecule has 0 amide bonds. The second-order valence-electron chi connectivity index (χ2n) is 5.71. The van der Waals surface area contributed by atoms with E-state index in [1.165, 1.54) is 43.6 Å². The fourth-order valence-corrected chi connectivity index (χ4v) is 2.75. The van der Waals surface area contributed by atoms with Crippen LogP contribution < -0.4 is 0 Å². The van der Waals surface area contributed by atoms with Gasteiger partial charge in [0, 0.05) is 6.08 Å². The highest BCUT2D eigenvalue weighted by Crippen LogP contribution is 2.43. The fourth-order valence-electron chi connectivity index (χ4n) is 2.75. The molecule has 0 heterocycles. The first-order valence-electron chi connectivity index (χ1n) is 7.07. The molecule has 2 nitrogen and oxygen atoms in total. The Hall–Kier alpha value is -1.31. The van der Waals surface area contributed by atoms with E-state index >= 15 is 0 Å². The molecule has 0 N–H and O–H groups in total. The van der Waals surface area contributed by atoms with E-state index in [9.17, 15) is 4.79 Å². The maximum absolute atomic E-state index is 11.2. The van der Waals surface area contributed by atoms with Gasteiger partial charge >= 0.3 is 5.97 Å². The van der Waals surface area contributed by atoms with Crippen LogP contribution in [0.5, 0.6) is 0 Å². The third-order valence-electron chi connectivity index (χ3n) is 4.23. The third kappa shape index (κ3) is 4.09. The van der Waals surface area contributed by atoms with E-state index < -0.39 is 0 Å². The van der Waals surface area contributed by atoms with Gasteiger partial charge in [-0.1, -0.05) is 31.6 Å². The van der Waals surface area contributed by atoms with Crippen molar-refractivity contribution < 1.29 is 9.53 Å². The van der Waals surface area contributed by atoms with Crippen LogP contribution in [0.4, 0.5) is 0 Å². The third-order valence-corrected chi connectivity index (χ3v) is 4.23. The molecule has 0 radical (unpaired) electrons. The molecule has 0 saturated heterocycles. The molecule has 1 aliphatic rings. The maximum Gasteiger partial charge on any atom is 0.330 e. The quantitative estimate of drug-likeness (QED) is 0.421. The van der Waals surface area contributed by atoms with E-state index in [0.29, 0.717) is 0 Å². The topological polar surface area (TPSA) is 26.3 Å². The first kappa shape index (κ1) is 15.7. The van der Waals surface area contributed by atoms with Crippen LogP contribution in [-0.2, 0) is 9.53 Å². The standard InChI is InChI=1S/C17H26O2/c1-6-17(4)11-7-8-14(3)15(17)10-9-13(2)12-16(18)19-5/h9-10,12H,6-8,11H2,1-5H3/b10-9+,13-12+/t17-/m1/s1. The van der Waals surface area contributed by atoms with Crippen LogP contribution in [0, 0.1) is 5.41 Å². The Morgan fingerprint density at radius 3 is 2.74 bits per heavy atom. The molecule has 19 heavy (non-hydrogen) atoms. The molecule has 0 aliphatic heterocycles. The molecule has 2 heteroatoms. The van der Waals surface area contributed by atoms with Crippen LogP contribution in [0.3, 0.4) is 0 Å². The lowest BCUT2D eigenvalue weighted by Crippen LogP contribution is -2.22. The summed E-state index contributed by atoms with van der Waals surface area (Å²) >= 11 is 0. The first-order valence-corrected chi connectivity index (χ1v) is 7.07. The summed E-state index contributed by atoms with van der Waals surface area (Å²) in [7, 11) is 1.40. The second-order valence-corrected chi connectivity index (χ2v) is 5.71. The van der Waals surface area contributed by atoms with E-state index in [0.717, 1.165) is 12.0 Å². The van der Waals surface area contributed by atoms with Crippen molar-refractivity contribution in [1.29, 1.82) is 0 Å². The number of rotatable bonds is 4. The van der Waals surface area contributed by atoms with Gasteiger partial charge in [-0.05, 0) is 56.1 Å². The predicted octanol–water partition coefficient (Wildman–Crippen LogP) is 4.58. The molecule has 0 aromatic heterocycles. The molecule has 0 bridgehead atoms. The van der Waals surface area contributed by atoms with Gasteiger partial charge in [0.25, 0.3) is 0 Å². The van der Waals surface area contributed by atoms with Crippen molar-refractivity contribution in [3.05, 3.63) is 34.9 Å². The normalized spacial score (nSPS) is 25.0. The van der Waals surface area contributed by atoms with Gasteiger partial charge < -0.3 is 4.74 Å². The van der Waals surface area contributed by atoms with Crippen molar-refractivity contribution >= 4 is 5.97 Å². The van der Waals surface area contributed by atoms with Gasteiger partial charge in [-0.25, -0.2) is 4.79 Å². The zero-order valence-electron chi connectivity index (χ0n) is 12.9. The van der Waals surface area contributed by atoms with Gasteiger partial charge in [0.15, 0.2) is 0 Å². The monoisotopic (exact) mass is 262 g/mol. The lowest BCUT2D eigenvalue weighted by atomic mass is 9.69. The Balaban J connectivity index is 2.95. The molecule has 0 aromatic carbocycles. The van der Waals surface area contributed by atoms with Crippen LogP contribution in [0.1, 0.15) is 53.4 Å². The smallest absolute Gasteiger partial charge is 0.330 e. The minimum Gasteiger partial charge on any atom is -0.466 e. The predicted molar refractivity (Wildman–Crippen MR) is 79.9 cm³/mol. The number of carbonyl (C=O) groups is 1. The van der Waals surface area contributed by atoms with Gasteiger partial charge in [-0.15, -0.1) is 0 Å². The maximum atomic E-state index is 11.2. The Labute approximate surface area is 117 Å². The van der Waals surface area contributed by atoms with Crippen LogP contribution in [0.25, 0.3) is 0 Å². The van der Waals surface area contributed by atoms with Crippen LogP contribution in [-0.4, -0.2) is 13.1 Å². The van der Waals surface area contributed by atoms with Gasteiger partial charge in [0.1, 0.15) is 0 Å². The van der Waals surface area contributed by atoms with Gasteiger partial charge in [-0.2, -0.15) is 0 Å². The number of allylic oxidation sites excluding steroid dienone is 5. The Kier molecular flexibility index (Phi) is 5.59. The summed E-state index contributed by atoms with van der Waals surface area (Å²) in [4.78, 5) is 11.2. The average molecular weight is 262 g/mol. The molecule has 1 rings (SSSR count). The molecule has 0 spiro atoms. The van der Waals surface area contributed by atoms with Gasteiger partial charge in [-0.3, -0.25) is 0 Å². The fraction of sp³-hybridized carbons (Fsp3) is 0.588. The Morgan fingerprint density at radius 1 is 1.47 bits per heavy atom. The molecule has 0 saturated carbocycles. The van der Waals surface area contributed by atoms with Gasteiger partial charge in [0.2, 0.25) is 0 Å². The van der Waals surface area contributed by atoms with E-state index in [2.05, 4.69) is 31.6 Å². The number of carbonyl (C=O) groups excluding carboxylic acids is 1. The number of esters is 1. The molecular weight excluding hydrogens is 236 g/mol. The Morgan fingerprint density at radius 2 is 2.16 bits per heavy atom. The summed E-state index contributed by atoms with van der Waals surface area (Å²) < 4.78 is 4.63. The van der Waals surface area contributed by atoms with E-state index in [4.69, 9.17) is 0 Å².